The van der Waals surface area contributed by atoms with Crippen molar-refractivity contribution in [3.05, 3.63) is 28.3 Å². The minimum atomic E-state index is -0.402. The van der Waals surface area contributed by atoms with E-state index in [0.717, 1.165) is 5.69 Å². The number of hydrogen-bond donors (Lipinski definition) is 2. The third-order valence-corrected chi connectivity index (χ3v) is 3.66. The molecule has 108 valence electrons. The van der Waals surface area contributed by atoms with E-state index in [1.807, 2.05) is 11.0 Å². The van der Waals surface area contributed by atoms with Crippen molar-refractivity contribution in [1.29, 1.82) is 0 Å². The van der Waals surface area contributed by atoms with Crippen molar-refractivity contribution in [1.82, 2.24) is 0 Å². The van der Waals surface area contributed by atoms with Gasteiger partial charge in [-0.3, -0.25) is 14.9 Å². The number of piperidine rings is 1. The fourth-order valence-corrected chi connectivity index (χ4v) is 2.45. The van der Waals surface area contributed by atoms with E-state index in [4.69, 9.17) is 5.73 Å². The lowest BCUT2D eigenvalue weighted by Crippen LogP contribution is -2.38. The summed E-state index contributed by atoms with van der Waals surface area (Å²) >= 11 is 0. The number of amides is 1. The number of benzene rings is 1. The van der Waals surface area contributed by atoms with Crippen molar-refractivity contribution in [2.45, 2.75) is 12.8 Å². The van der Waals surface area contributed by atoms with Crippen LogP contribution in [0.1, 0.15) is 12.8 Å². The number of carbonyl (C=O) groups excluding carboxylic acids is 1. The van der Waals surface area contributed by atoms with Crippen molar-refractivity contribution in [2.75, 3.05) is 30.4 Å². The van der Waals surface area contributed by atoms with E-state index in [-0.39, 0.29) is 17.5 Å². The fourth-order valence-electron chi connectivity index (χ4n) is 2.45. The number of rotatable bonds is 4. The molecular weight excluding hydrogens is 260 g/mol. The van der Waals surface area contributed by atoms with Gasteiger partial charge in [-0.15, -0.1) is 0 Å². The van der Waals surface area contributed by atoms with E-state index in [0.29, 0.717) is 31.6 Å². The molecule has 7 nitrogen and oxygen atoms in total. The first-order valence-electron chi connectivity index (χ1n) is 6.52. The summed E-state index contributed by atoms with van der Waals surface area (Å²) in [6.07, 6.45) is 1.37. The molecule has 1 saturated heterocycles. The summed E-state index contributed by atoms with van der Waals surface area (Å²) in [5, 5.41) is 13.9. The van der Waals surface area contributed by atoms with Gasteiger partial charge in [0.25, 0.3) is 5.69 Å². The van der Waals surface area contributed by atoms with Crippen LogP contribution in [0.25, 0.3) is 0 Å². The van der Waals surface area contributed by atoms with Gasteiger partial charge in [0.15, 0.2) is 0 Å². The Morgan fingerprint density at radius 1 is 1.40 bits per heavy atom. The summed E-state index contributed by atoms with van der Waals surface area (Å²) < 4.78 is 0. The molecule has 1 heterocycles. The van der Waals surface area contributed by atoms with E-state index in [2.05, 4.69) is 5.32 Å². The Kier molecular flexibility index (Phi) is 4.07. The van der Waals surface area contributed by atoms with Crippen molar-refractivity contribution in [3.63, 3.8) is 0 Å². The second-order valence-corrected chi connectivity index (χ2v) is 4.91. The maximum absolute atomic E-state index is 11.1. The van der Waals surface area contributed by atoms with Gasteiger partial charge in [-0.05, 0) is 18.9 Å². The number of nitro groups is 1. The number of nitro benzene ring substituents is 1. The maximum atomic E-state index is 11.1. The van der Waals surface area contributed by atoms with Gasteiger partial charge in [0.1, 0.15) is 0 Å². The highest BCUT2D eigenvalue weighted by Crippen LogP contribution is 2.29. The monoisotopic (exact) mass is 278 g/mol. The Hall–Kier alpha value is -2.31. The van der Waals surface area contributed by atoms with E-state index >= 15 is 0 Å². The zero-order valence-corrected chi connectivity index (χ0v) is 11.3. The third-order valence-electron chi connectivity index (χ3n) is 3.66. The summed E-state index contributed by atoms with van der Waals surface area (Å²) in [6, 6.07) is 4.93. The van der Waals surface area contributed by atoms with Crippen LogP contribution in [0.4, 0.5) is 17.1 Å². The van der Waals surface area contributed by atoms with Crippen molar-refractivity contribution in [2.24, 2.45) is 11.7 Å². The number of nitrogens with two attached hydrogens (primary N) is 1. The molecule has 1 aliphatic rings. The van der Waals surface area contributed by atoms with Crippen molar-refractivity contribution in [3.8, 4) is 0 Å². The second-order valence-electron chi connectivity index (χ2n) is 4.91. The number of anilines is 2. The molecule has 1 aliphatic heterocycles. The molecule has 0 radical (unpaired) electrons. The first-order chi connectivity index (χ1) is 9.51. The van der Waals surface area contributed by atoms with Gasteiger partial charge >= 0.3 is 0 Å². The van der Waals surface area contributed by atoms with Crippen LogP contribution in [0, 0.1) is 16.0 Å². The Morgan fingerprint density at radius 2 is 2.05 bits per heavy atom. The highest BCUT2D eigenvalue weighted by Gasteiger charge is 2.24. The van der Waals surface area contributed by atoms with Gasteiger partial charge in [-0.1, -0.05) is 0 Å². The van der Waals surface area contributed by atoms with Crippen LogP contribution in [0.15, 0.2) is 18.2 Å². The normalized spacial score (nSPS) is 15.9. The minimum Gasteiger partial charge on any atom is -0.388 e. The highest BCUT2D eigenvalue weighted by molar-refractivity contribution is 5.77. The number of primary amides is 1. The smallest absolute Gasteiger partial charge is 0.273 e. The number of non-ortho nitro benzene ring substituents is 1. The lowest BCUT2D eigenvalue weighted by atomic mass is 9.96. The number of nitrogens with one attached hydrogen (secondary N) is 1. The van der Waals surface area contributed by atoms with Crippen LogP contribution in [0.2, 0.25) is 0 Å². The van der Waals surface area contributed by atoms with Gasteiger partial charge in [-0.25, -0.2) is 0 Å². The van der Waals surface area contributed by atoms with E-state index in [1.54, 1.807) is 13.1 Å². The lowest BCUT2D eigenvalue weighted by Gasteiger charge is -2.32. The Morgan fingerprint density at radius 3 is 2.55 bits per heavy atom. The van der Waals surface area contributed by atoms with E-state index in [1.165, 1.54) is 6.07 Å². The van der Waals surface area contributed by atoms with Gasteiger partial charge in [0, 0.05) is 49.6 Å². The van der Waals surface area contributed by atoms with Crippen LogP contribution in [-0.2, 0) is 4.79 Å². The van der Waals surface area contributed by atoms with E-state index < -0.39 is 4.92 Å². The zero-order chi connectivity index (χ0) is 14.7. The molecule has 0 saturated carbocycles. The van der Waals surface area contributed by atoms with Gasteiger partial charge < -0.3 is 16.0 Å². The van der Waals surface area contributed by atoms with Crippen LogP contribution in [0.5, 0.6) is 0 Å². The molecule has 1 amide bonds. The lowest BCUT2D eigenvalue weighted by molar-refractivity contribution is -0.384. The van der Waals surface area contributed by atoms with Crippen LogP contribution in [0.3, 0.4) is 0 Å². The zero-order valence-electron chi connectivity index (χ0n) is 11.3. The van der Waals surface area contributed by atoms with Crippen molar-refractivity contribution >= 4 is 23.0 Å². The van der Waals surface area contributed by atoms with Crippen LogP contribution in [-0.4, -0.2) is 31.0 Å². The quantitative estimate of drug-likeness (QED) is 0.639. The Bertz CT molecular complexity index is 524. The standard InChI is InChI=1S/C13H18N4O3/c1-15-10-6-11(8-12(7-10)17(19)20)16-4-2-9(3-5-16)13(14)18/h6-9,15H,2-5H2,1H3,(H2,14,18). The molecule has 1 aromatic rings. The molecule has 0 bridgehead atoms. The Labute approximate surface area is 116 Å². The molecule has 0 aliphatic carbocycles. The third kappa shape index (κ3) is 2.98. The predicted octanol–water partition coefficient (Wildman–Crippen LogP) is 1.34. The average molecular weight is 278 g/mol. The van der Waals surface area contributed by atoms with Gasteiger partial charge in [0.05, 0.1) is 4.92 Å². The molecule has 0 aromatic heterocycles. The summed E-state index contributed by atoms with van der Waals surface area (Å²) in [6.45, 7) is 1.36. The molecule has 20 heavy (non-hydrogen) atoms. The molecule has 0 unspecified atom stereocenters. The first-order valence-corrected chi connectivity index (χ1v) is 6.52. The average Bonchev–Trinajstić information content (AvgIpc) is 2.46. The van der Waals surface area contributed by atoms with Gasteiger partial charge in [0.2, 0.25) is 5.91 Å². The number of nitrogens with zero attached hydrogens (tertiary/aromatic N) is 2. The summed E-state index contributed by atoms with van der Waals surface area (Å²) in [7, 11) is 1.72. The highest BCUT2D eigenvalue weighted by atomic mass is 16.6. The summed E-state index contributed by atoms with van der Waals surface area (Å²) in [5.74, 6) is -0.353. The summed E-state index contributed by atoms with van der Waals surface area (Å²) in [4.78, 5) is 23.7. The van der Waals surface area contributed by atoms with Gasteiger partial charge in [-0.2, -0.15) is 0 Å². The number of carbonyl (C=O) groups is 1. The molecule has 3 N–H and O–H groups in total. The number of hydrogen-bond acceptors (Lipinski definition) is 5. The van der Waals surface area contributed by atoms with Crippen LogP contribution >= 0.6 is 0 Å². The maximum Gasteiger partial charge on any atom is 0.273 e. The molecule has 7 heteroatoms. The second kappa shape index (κ2) is 5.77. The SMILES string of the molecule is CNc1cc(N2CCC(C(N)=O)CC2)cc([N+](=O)[O-])c1. The Balaban J connectivity index is 2.19. The minimum absolute atomic E-state index is 0.0591. The fraction of sp³-hybridized carbons (Fsp3) is 0.462. The molecule has 2 rings (SSSR count). The molecular formula is C13H18N4O3. The first kappa shape index (κ1) is 14.1. The summed E-state index contributed by atoms with van der Waals surface area (Å²) in [5.41, 5.74) is 6.86. The molecule has 0 atom stereocenters. The largest absolute Gasteiger partial charge is 0.388 e. The predicted molar refractivity (Wildman–Crippen MR) is 76.8 cm³/mol. The van der Waals surface area contributed by atoms with E-state index in [9.17, 15) is 14.9 Å². The van der Waals surface area contributed by atoms with Crippen molar-refractivity contribution < 1.29 is 9.72 Å². The molecule has 0 spiro atoms. The molecule has 1 aromatic carbocycles. The molecule has 1 fully saturated rings. The van der Waals surface area contributed by atoms with Crippen LogP contribution < -0.4 is 16.0 Å². The topological polar surface area (TPSA) is 102 Å².